The third kappa shape index (κ3) is 5.72. The normalized spacial score (nSPS) is 22.0. The summed E-state index contributed by atoms with van der Waals surface area (Å²) in [5.41, 5.74) is 2.97. The van der Waals surface area contributed by atoms with E-state index >= 15 is 0 Å². The monoisotopic (exact) mass is 480 g/mol. The van der Waals surface area contributed by atoms with Crippen molar-refractivity contribution in [3.63, 3.8) is 0 Å². The molecule has 1 saturated carbocycles. The molecule has 190 valence electrons. The molecule has 0 unspecified atom stereocenters. The second kappa shape index (κ2) is 11.6. The van der Waals surface area contributed by atoms with Gasteiger partial charge in [-0.25, -0.2) is 0 Å². The summed E-state index contributed by atoms with van der Waals surface area (Å²) in [6.07, 6.45) is 7.91. The molecule has 35 heavy (non-hydrogen) atoms. The minimum Gasteiger partial charge on any atom is -0.379 e. The van der Waals surface area contributed by atoms with Gasteiger partial charge >= 0.3 is 0 Å². The van der Waals surface area contributed by atoms with Crippen molar-refractivity contribution < 1.29 is 14.1 Å². The molecule has 3 aliphatic rings. The maximum atomic E-state index is 13.8. The molecule has 1 amide bonds. The first-order chi connectivity index (χ1) is 17.2. The third-order valence-electron chi connectivity index (χ3n) is 8.03. The first-order valence-electron chi connectivity index (χ1n) is 13.6. The smallest absolute Gasteiger partial charge is 0.233 e. The summed E-state index contributed by atoms with van der Waals surface area (Å²) in [6, 6.07) is 10.7. The zero-order valence-corrected chi connectivity index (χ0v) is 21.2. The van der Waals surface area contributed by atoms with Gasteiger partial charge in [0, 0.05) is 50.2 Å². The van der Waals surface area contributed by atoms with Crippen molar-refractivity contribution in [3.8, 4) is 11.3 Å². The first kappa shape index (κ1) is 24.3. The summed E-state index contributed by atoms with van der Waals surface area (Å²) < 4.78 is 11.6. The summed E-state index contributed by atoms with van der Waals surface area (Å²) in [5.74, 6) is 1.30. The Morgan fingerprint density at radius 3 is 2.51 bits per heavy atom. The summed E-state index contributed by atoms with van der Waals surface area (Å²) in [5, 5.41) is 4.57. The number of aromatic nitrogens is 1. The molecule has 3 fully saturated rings. The van der Waals surface area contributed by atoms with Crippen LogP contribution in [-0.4, -0.2) is 72.8 Å². The number of anilines is 1. The minimum absolute atomic E-state index is 0.150. The lowest BCUT2D eigenvalue weighted by Gasteiger charge is -2.34. The van der Waals surface area contributed by atoms with E-state index in [0.717, 1.165) is 107 Å². The molecule has 7 nitrogen and oxygen atoms in total. The SMILES string of the molecule is C[C@H]1CCCCN1c1onc(-c2ccccc2)c1CN(CCN1CCOCC1)C(=O)C1CCCC1. The molecule has 0 radical (unpaired) electrons. The second-order valence-corrected chi connectivity index (χ2v) is 10.4. The predicted molar refractivity (Wildman–Crippen MR) is 137 cm³/mol. The molecule has 2 aromatic rings. The molecule has 0 spiro atoms. The Morgan fingerprint density at radius 1 is 1.03 bits per heavy atom. The molecule has 1 aliphatic carbocycles. The Morgan fingerprint density at radius 2 is 1.77 bits per heavy atom. The van der Waals surface area contributed by atoms with Gasteiger partial charge in [-0.2, -0.15) is 0 Å². The van der Waals surface area contributed by atoms with E-state index in [9.17, 15) is 4.79 Å². The molecule has 2 aliphatic heterocycles. The maximum Gasteiger partial charge on any atom is 0.233 e. The zero-order valence-electron chi connectivity index (χ0n) is 21.2. The van der Waals surface area contributed by atoms with Crippen LogP contribution < -0.4 is 4.90 Å². The van der Waals surface area contributed by atoms with E-state index in [-0.39, 0.29) is 5.92 Å². The lowest BCUT2D eigenvalue weighted by molar-refractivity contribution is -0.136. The number of ether oxygens (including phenoxy) is 1. The van der Waals surface area contributed by atoms with Crippen LogP contribution in [0.1, 0.15) is 57.4 Å². The van der Waals surface area contributed by atoms with E-state index in [2.05, 4.69) is 38.9 Å². The van der Waals surface area contributed by atoms with E-state index in [0.29, 0.717) is 18.5 Å². The predicted octanol–water partition coefficient (Wildman–Crippen LogP) is 4.57. The number of hydrogen-bond acceptors (Lipinski definition) is 6. The highest BCUT2D eigenvalue weighted by Gasteiger charge is 2.32. The lowest BCUT2D eigenvalue weighted by atomic mass is 10.0. The minimum atomic E-state index is 0.150. The molecule has 0 bridgehead atoms. The Balaban J connectivity index is 1.45. The Bertz CT molecular complexity index is 950. The molecule has 3 heterocycles. The number of hydrogen-bond donors (Lipinski definition) is 0. The third-order valence-corrected chi connectivity index (χ3v) is 8.03. The van der Waals surface area contributed by atoms with Crippen LogP contribution in [0.2, 0.25) is 0 Å². The van der Waals surface area contributed by atoms with E-state index < -0.39 is 0 Å². The van der Waals surface area contributed by atoms with Crippen molar-refractivity contribution in [1.29, 1.82) is 0 Å². The average molecular weight is 481 g/mol. The highest BCUT2D eigenvalue weighted by molar-refractivity contribution is 5.80. The fourth-order valence-electron chi connectivity index (χ4n) is 5.87. The van der Waals surface area contributed by atoms with Crippen LogP contribution in [-0.2, 0) is 16.1 Å². The van der Waals surface area contributed by atoms with Crippen LogP contribution in [0.3, 0.4) is 0 Å². The summed E-state index contributed by atoms with van der Waals surface area (Å²) >= 11 is 0. The molecule has 0 N–H and O–H groups in total. The fourth-order valence-corrected chi connectivity index (χ4v) is 5.87. The quantitative estimate of drug-likeness (QED) is 0.552. The van der Waals surface area contributed by atoms with Gasteiger partial charge in [0.1, 0.15) is 5.69 Å². The standard InChI is InChI=1S/C28H40N4O3/c1-22-9-7-8-14-32(22)28-25(26(29-35-28)23-10-3-2-4-11-23)21-31(27(33)24-12-5-6-13-24)16-15-30-17-19-34-20-18-30/h2-4,10-11,22,24H,5-9,12-21H2,1H3/t22-/m0/s1. The van der Waals surface area contributed by atoms with Gasteiger partial charge in [-0.3, -0.25) is 9.69 Å². The van der Waals surface area contributed by atoms with E-state index in [1.165, 1.54) is 6.42 Å². The molecular weight excluding hydrogens is 440 g/mol. The topological polar surface area (TPSA) is 62.1 Å². The zero-order chi connectivity index (χ0) is 24.0. The first-order valence-corrected chi connectivity index (χ1v) is 13.6. The Kier molecular flexibility index (Phi) is 8.04. The van der Waals surface area contributed by atoms with Crippen molar-refractivity contribution in [2.24, 2.45) is 5.92 Å². The highest BCUT2D eigenvalue weighted by atomic mass is 16.5. The van der Waals surface area contributed by atoms with Crippen molar-refractivity contribution in [2.45, 2.75) is 64.5 Å². The van der Waals surface area contributed by atoms with E-state index in [1.54, 1.807) is 0 Å². The number of piperidine rings is 1. The van der Waals surface area contributed by atoms with Crippen molar-refractivity contribution >= 4 is 11.8 Å². The molecule has 2 saturated heterocycles. The van der Waals surface area contributed by atoms with Gasteiger partial charge in [0.25, 0.3) is 0 Å². The highest BCUT2D eigenvalue weighted by Crippen LogP contribution is 2.36. The number of amides is 1. The molecule has 5 rings (SSSR count). The number of rotatable bonds is 8. The number of carbonyl (C=O) groups excluding carboxylic acids is 1. The van der Waals surface area contributed by atoms with E-state index in [1.807, 2.05) is 18.2 Å². The van der Waals surface area contributed by atoms with Gasteiger partial charge in [-0.15, -0.1) is 0 Å². The van der Waals surface area contributed by atoms with Crippen LogP contribution in [0.4, 0.5) is 5.88 Å². The van der Waals surface area contributed by atoms with Gasteiger partial charge in [-0.05, 0) is 39.0 Å². The number of nitrogens with zero attached hydrogens (tertiary/aromatic N) is 4. The van der Waals surface area contributed by atoms with Crippen LogP contribution in [0.15, 0.2) is 34.9 Å². The van der Waals surface area contributed by atoms with Crippen molar-refractivity contribution in [2.75, 3.05) is 50.8 Å². The summed E-state index contributed by atoms with van der Waals surface area (Å²) in [4.78, 5) is 20.6. The van der Waals surface area contributed by atoms with E-state index in [4.69, 9.17) is 9.26 Å². The van der Waals surface area contributed by atoms with Gasteiger partial charge in [0.2, 0.25) is 11.8 Å². The largest absolute Gasteiger partial charge is 0.379 e. The Labute approximate surface area is 209 Å². The van der Waals surface area contributed by atoms with Crippen molar-refractivity contribution in [1.82, 2.24) is 15.0 Å². The van der Waals surface area contributed by atoms with Crippen molar-refractivity contribution in [3.05, 3.63) is 35.9 Å². The van der Waals surface area contributed by atoms with Gasteiger partial charge in [-0.1, -0.05) is 48.3 Å². The van der Waals surface area contributed by atoms with Crippen LogP contribution in [0.25, 0.3) is 11.3 Å². The summed E-state index contributed by atoms with van der Waals surface area (Å²) in [7, 11) is 0. The molecule has 7 heteroatoms. The lowest BCUT2D eigenvalue weighted by Crippen LogP contribution is -2.44. The Hall–Kier alpha value is -2.38. The van der Waals surface area contributed by atoms with Gasteiger partial charge in [0.05, 0.1) is 25.3 Å². The molecule has 1 atom stereocenters. The molecule has 1 aromatic carbocycles. The van der Waals surface area contributed by atoms with Gasteiger partial charge < -0.3 is 19.1 Å². The van der Waals surface area contributed by atoms with Crippen LogP contribution >= 0.6 is 0 Å². The second-order valence-electron chi connectivity index (χ2n) is 10.4. The van der Waals surface area contributed by atoms with Crippen LogP contribution in [0.5, 0.6) is 0 Å². The maximum absolute atomic E-state index is 13.8. The number of morpholine rings is 1. The molecule has 1 aromatic heterocycles. The number of carbonyl (C=O) groups is 1. The average Bonchev–Trinajstić information content (AvgIpc) is 3.58. The van der Waals surface area contributed by atoms with Crippen LogP contribution in [0, 0.1) is 5.92 Å². The van der Waals surface area contributed by atoms with Gasteiger partial charge in [0.15, 0.2) is 0 Å². The molecular formula is C28H40N4O3. The number of benzene rings is 1. The fraction of sp³-hybridized carbons (Fsp3) is 0.643. The summed E-state index contributed by atoms with van der Waals surface area (Å²) in [6.45, 7) is 8.82.